The Morgan fingerprint density at radius 1 is 1.17 bits per heavy atom. The van der Waals surface area contributed by atoms with Crippen LogP contribution in [0.15, 0.2) is 36.9 Å². The number of amides is 3. The third kappa shape index (κ3) is 3.09. The zero-order valence-electron chi connectivity index (χ0n) is 16.9. The van der Waals surface area contributed by atoms with Crippen molar-refractivity contribution in [2.24, 2.45) is 5.92 Å². The first-order valence-corrected chi connectivity index (χ1v) is 10.7. The van der Waals surface area contributed by atoms with Crippen LogP contribution in [-0.4, -0.2) is 52.4 Å². The molecule has 2 aromatic rings. The number of benzene rings is 1. The number of hydrogen-bond donors (Lipinski definition) is 2. The van der Waals surface area contributed by atoms with E-state index in [1.807, 2.05) is 33.7 Å². The highest BCUT2D eigenvalue weighted by Crippen LogP contribution is 2.36. The monoisotopic (exact) mass is 406 g/mol. The number of rotatable bonds is 3. The van der Waals surface area contributed by atoms with Gasteiger partial charge in [-0.2, -0.15) is 0 Å². The Balaban J connectivity index is 1.33. The first kappa shape index (κ1) is 18.9. The fourth-order valence-electron chi connectivity index (χ4n) is 5.39. The van der Waals surface area contributed by atoms with Crippen molar-refractivity contribution in [2.75, 3.05) is 13.1 Å². The van der Waals surface area contributed by atoms with Crippen LogP contribution in [0.5, 0.6) is 0 Å². The van der Waals surface area contributed by atoms with Crippen LogP contribution in [0.3, 0.4) is 0 Å². The van der Waals surface area contributed by atoms with E-state index in [0.29, 0.717) is 30.3 Å². The quantitative estimate of drug-likeness (QED) is 0.766. The largest absolute Gasteiger partial charge is 0.349 e. The Bertz CT molecular complexity index is 1060. The first-order chi connectivity index (χ1) is 14.5. The summed E-state index contributed by atoms with van der Waals surface area (Å²) in [7, 11) is 0. The second-order valence-electron chi connectivity index (χ2n) is 8.55. The molecule has 3 unspecified atom stereocenters. The average Bonchev–Trinajstić information content (AvgIpc) is 3.35. The van der Waals surface area contributed by atoms with E-state index in [1.165, 1.54) is 6.08 Å². The second-order valence-corrected chi connectivity index (χ2v) is 8.55. The van der Waals surface area contributed by atoms with Gasteiger partial charge in [-0.3, -0.25) is 14.4 Å². The van der Waals surface area contributed by atoms with Crippen molar-refractivity contribution in [3.63, 3.8) is 0 Å². The molecule has 2 N–H and O–H groups in total. The molecule has 3 atom stereocenters. The molecule has 2 aliphatic heterocycles. The van der Waals surface area contributed by atoms with E-state index in [-0.39, 0.29) is 29.8 Å². The molecule has 1 saturated heterocycles. The number of carbonyl (C=O) groups is 3. The molecule has 156 valence electrons. The fraction of sp³-hybridized carbons (Fsp3) is 0.435. The van der Waals surface area contributed by atoms with Gasteiger partial charge in [0.15, 0.2) is 0 Å². The van der Waals surface area contributed by atoms with Gasteiger partial charge in [0.1, 0.15) is 5.69 Å². The number of aromatic nitrogens is 1. The van der Waals surface area contributed by atoms with Crippen molar-refractivity contribution < 1.29 is 14.4 Å². The lowest BCUT2D eigenvalue weighted by Gasteiger charge is -2.36. The summed E-state index contributed by atoms with van der Waals surface area (Å²) >= 11 is 0. The van der Waals surface area contributed by atoms with Crippen molar-refractivity contribution in [3.05, 3.63) is 48.2 Å². The Morgan fingerprint density at radius 2 is 2.03 bits per heavy atom. The Labute approximate surface area is 175 Å². The fourth-order valence-corrected chi connectivity index (χ4v) is 5.39. The van der Waals surface area contributed by atoms with Gasteiger partial charge in [-0.15, -0.1) is 0 Å². The number of fused-ring (bicyclic) bond motifs is 4. The molecule has 7 nitrogen and oxygen atoms in total. The summed E-state index contributed by atoms with van der Waals surface area (Å²) in [5, 5.41) is 6.99. The maximum atomic E-state index is 13.0. The van der Waals surface area contributed by atoms with Crippen LogP contribution in [-0.2, 0) is 11.3 Å². The maximum Gasteiger partial charge on any atom is 0.268 e. The molecule has 30 heavy (non-hydrogen) atoms. The second kappa shape index (κ2) is 7.31. The normalized spacial score (nSPS) is 25.4. The molecule has 3 heterocycles. The molecule has 1 saturated carbocycles. The van der Waals surface area contributed by atoms with Gasteiger partial charge in [-0.05, 0) is 55.9 Å². The summed E-state index contributed by atoms with van der Waals surface area (Å²) < 4.78 is 1.98. The SMILES string of the molecule is C=CC(=O)N1CCC2CCC(NC(=O)c3ccc4cc5n(c4c3)CCNC5=O)CC21. The van der Waals surface area contributed by atoms with E-state index in [2.05, 4.69) is 17.2 Å². The predicted octanol–water partition coefficient (Wildman–Crippen LogP) is 2.07. The van der Waals surface area contributed by atoms with Crippen molar-refractivity contribution in [2.45, 2.75) is 44.3 Å². The molecule has 2 fully saturated rings. The lowest BCUT2D eigenvalue weighted by Crippen LogP contribution is -2.47. The zero-order chi connectivity index (χ0) is 20.8. The van der Waals surface area contributed by atoms with Gasteiger partial charge >= 0.3 is 0 Å². The van der Waals surface area contributed by atoms with E-state index >= 15 is 0 Å². The van der Waals surface area contributed by atoms with Gasteiger partial charge in [0, 0.05) is 48.2 Å². The van der Waals surface area contributed by atoms with Gasteiger partial charge in [-0.25, -0.2) is 0 Å². The minimum atomic E-state index is -0.101. The molecule has 3 aliphatic rings. The van der Waals surface area contributed by atoms with Crippen LogP contribution in [0.1, 0.15) is 46.5 Å². The van der Waals surface area contributed by atoms with Crippen LogP contribution >= 0.6 is 0 Å². The number of carbonyl (C=O) groups excluding carboxylic acids is 3. The van der Waals surface area contributed by atoms with Crippen molar-refractivity contribution in [1.82, 2.24) is 20.1 Å². The molecule has 0 radical (unpaired) electrons. The zero-order valence-corrected chi connectivity index (χ0v) is 16.9. The molecule has 0 spiro atoms. The van der Waals surface area contributed by atoms with Gasteiger partial charge in [-0.1, -0.05) is 12.6 Å². The number of likely N-dealkylation sites (tertiary alicyclic amines) is 1. The minimum absolute atomic E-state index is 0.0121. The Hall–Kier alpha value is -3.09. The summed E-state index contributed by atoms with van der Waals surface area (Å²) in [6.45, 7) is 5.70. The van der Waals surface area contributed by atoms with E-state index in [9.17, 15) is 14.4 Å². The summed E-state index contributed by atoms with van der Waals surface area (Å²) in [4.78, 5) is 39.1. The topological polar surface area (TPSA) is 83.4 Å². The summed E-state index contributed by atoms with van der Waals surface area (Å²) in [5.41, 5.74) is 2.15. The van der Waals surface area contributed by atoms with Gasteiger partial charge in [0.25, 0.3) is 11.8 Å². The molecular weight excluding hydrogens is 380 g/mol. The smallest absolute Gasteiger partial charge is 0.268 e. The molecule has 5 rings (SSSR count). The van der Waals surface area contributed by atoms with E-state index in [0.717, 1.165) is 43.1 Å². The third-order valence-electron chi connectivity index (χ3n) is 6.91. The molecule has 0 bridgehead atoms. The summed E-state index contributed by atoms with van der Waals surface area (Å²) in [6, 6.07) is 7.71. The minimum Gasteiger partial charge on any atom is -0.349 e. The Morgan fingerprint density at radius 3 is 2.87 bits per heavy atom. The average molecular weight is 406 g/mol. The maximum absolute atomic E-state index is 13.0. The van der Waals surface area contributed by atoms with E-state index < -0.39 is 0 Å². The van der Waals surface area contributed by atoms with Gasteiger partial charge in [0.05, 0.1) is 0 Å². The van der Waals surface area contributed by atoms with E-state index in [4.69, 9.17) is 0 Å². The highest BCUT2D eigenvalue weighted by atomic mass is 16.2. The Kier molecular flexibility index (Phi) is 4.60. The number of hydrogen-bond acceptors (Lipinski definition) is 3. The summed E-state index contributed by atoms with van der Waals surface area (Å²) in [5.74, 6) is 0.338. The lowest BCUT2D eigenvalue weighted by molar-refractivity contribution is -0.127. The predicted molar refractivity (Wildman–Crippen MR) is 113 cm³/mol. The standard InChI is InChI=1S/C23H26N4O3/c1-2-21(28)27-9-7-14-5-6-17(13-19(14)27)25-22(29)16-4-3-15-11-20-23(30)24-8-10-26(20)18(15)12-16/h2-4,11-12,14,17,19H,1,5-10,13H2,(H,24,30)(H,25,29). The molecular formula is C23H26N4O3. The third-order valence-corrected chi connectivity index (χ3v) is 6.91. The van der Waals surface area contributed by atoms with Gasteiger partial charge in [0.2, 0.25) is 5.91 Å². The van der Waals surface area contributed by atoms with Crippen molar-refractivity contribution >= 4 is 28.6 Å². The first-order valence-electron chi connectivity index (χ1n) is 10.7. The van der Waals surface area contributed by atoms with Crippen LogP contribution in [0.4, 0.5) is 0 Å². The van der Waals surface area contributed by atoms with Gasteiger partial charge < -0.3 is 20.1 Å². The highest BCUT2D eigenvalue weighted by molar-refractivity contribution is 6.02. The van der Waals surface area contributed by atoms with Crippen LogP contribution in [0.2, 0.25) is 0 Å². The van der Waals surface area contributed by atoms with Crippen molar-refractivity contribution in [1.29, 1.82) is 0 Å². The van der Waals surface area contributed by atoms with Crippen LogP contribution in [0.25, 0.3) is 10.9 Å². The number of nitrogens with one attached hydrogen (secondary N) is 2. The number of nitrogens with zero attached hydrogens (tertiary/aromatic N) is 2. The van der Waals surface area contributed by atoms with Crippen LogP contribution in [0, 0.1) is 5.92 Å². The van der Waals surface area contributed by atoms with Crippen molar-refractivity contribution in [3.8, 4) is 0 Å². The highest BCUT2D eigenvalue weighted by Gasteiger charge is 2.40. The molecule has 1 aromatic carbocycles. The van der Waals surface area contributed by atoms with Crippen LogP contribution < -0.4 is 10.6 Å². The molecule has 3 amide bonds. The lowest BCUT2D eigenvalue weighted by atomic mass is 9.82. The van der Waals surface area contributed by atoms with E-state index in [1.54, 1.807) is 0 Å². The molecule has 1 aromatic heterocycles. The molecule has 1 aliphatic carbocycles. The molecule has 7 heteroatoms. The summed E-state index contributed by atoms with van der Waals surface area (Å²) in [6.07, 6.45) is 5.18.